The average Bonchev–Trinajstić information content (AvgIpc) is 3.19. The summed E-state index contributed by atoms with van der Waals surface area (Å²) in [6.07, 6.45) is 8.63. The average molecular weight is 310 g/mol. The standard InChI is InChI=1S/C17H14N2O2S/c20-16-13-4-1-3-11(13)12-7-6-10(9-14(12)19-16)18-17(21)15-5-2-8-22-15/h2,5-9,12H,1,3-4H2,(H,19,20). The third-order valence-electron chi connectivity index (χ3n) is 4.23. The Morgan fingerprint density at radius 2 is 2.27 bits per heavy atom. The molecule has 0 aromatic carbocycles. The van der Waals surface area contributed by atoms with Gasteiger partial charge in [-0.2, -0.15) is 0 Å². The lowest BCUT2D eigenvalue weighted by atomic mass is 9.85. The molecule has 1 unspecified atom stereocenters. The van der Waals surface area contributed by atoms with Gasteiger partial charge in [-0.15, -0.1) is 11.3 Å². The third kappa shape index (κ3) is 2.18. The highest BCUT2D eigenvalue weighted by atomic mass is 32.1. The van der Waals surface area contributed by atoms with Gasteiger partial charge >= 0.3 is 0 Å². The summed E-state index contributed by atoms with van der Waals surface area (Å²) < 4.78 is 0. The molecule has 4 rings (SSSR count). The van der Waals surface area contributed by atoms with E-state index >= 15 is 0 Å². The highest BCUT2D eigenvalue weighted by Gasteiger charge is 2.34. The summed E-state index contributed by atoms with van der Waals surface area (Å²) in [6, 6.07) is 3.59. The summed E-state index contributed by atoms with van der Waals surface area (Å²) in [6.45, 7) is 0. The van der Waals surface area contributed by atoms with E-state index in [2.05, 4.69) is 10.3 Å². The van der Waals surface area contributed by atoms with Crippen molar-refractivity contribution in [1.82, 2.24) is 5.32 Å². The first-order valence-corrected chi connectivity index (χ1v) is 8.20. The maximum Gasteiger partial charge on any atom is 0.287 e. The van der Waals surface area contributed by atoms with Gasteiger partial charge in [0.15, 0.2) is 0 Å². The van der Waals surface area contributed by atoms with Crippen LogP contribution < -0.4 is 5.32 Å². The molecule has 2 heterocycles. The number of hydrogen-bond donors (Lipinski definition) is 1. The van der Waals surface area contributed by atoms with Crippen molar-refractivity contribution in [3.05, 3.63) is 57.5 Å². The fourth-order valence-corrected chi connectivity index (χ4v) is 3.84. The number of nitrogens with zero attached hydrogens (tertiary/aromatic N) is 1. The van der Waals surface area contributed by atoms with Gasteiger partial charge in [-0.05, 0) is 48.4 Å². The summed E-state index contributed by atoms with van der Waals surface area (Å²) in [4.78, 5) is 28.9. The maximum atomic E-state index is 12.1. The normalized spacial score (nSPS) is 24.9. The van der Waals surface area contributed by atoms with Gasteiger partial charge < -0.3 is 5.32 Å². The van der Waals surface area contributed by atoms with Crippen LogP contribution >= 0.6 is 11.3 Å². The van der Waals surface area contributed by atoms with Gasteiger partial charge in [0, 0.05) is 17.2 Å². The second-order valence-corrected chi connectivity index (χ2v) is 6.51. The molecule has 1 atom stereocenters. The fraction of sp³-hybridized carbons (Fsp3) is 0.235. The van der Waals surface area contributed by atoms with Crippen molar-refractivity contribution in [2.75, 3.05) is 0 Å². The monoisotopic (exact) mass is 310 g/mol. The van der Waals surface area contributed by atoms with E-state index in [1.807, 2.05) is 29.7 Å². The van der Waals surface area contributed by atoms with Gasteiger partial charge in [-0.3, -0.25) is 9.59 Å². The molecule has 1 N–H and O–H groups in total. The van der Waals surface area contributed by atoms with E-state index in [9.17, 15) is 9.59 Å². The summed E-state index contributed by atoms with van der Waals surface area (Å²) in [5.74, 6) is -0.0897. The Morgan fingerprint density at radius 3 is 3.09 bits per heavy atom. The van der Waals surface area contributed by atoms with Crippen LogP contribution in [-0.2, 0) is 4.79 Å². The van der Waals surface area contributed by atoms with Crippen molar-refractivity contribution >= 4 is 28.9 Å². The molecule has 0 fully saturated rings. The Kier molecular flexibility index (Phi) is 3.15. The fourth-order valence-electron chi connectivity index (χ4n) is 3.23. The Bertz CT molecular complexity index is 782. The zero-order valence-electron chi connectivity index (χ0n) is 11.8. The largest absolute Gasteiger partial charge is 0.325 e. The third-order valence-corrected chi connectivity index (χ3v) is 5.09. The molecule has 0 radical (unpaired) electrons. The van der Waals surface area contributed by atoms with Gasteiger partial charge in [-0.1, -0.05) is 12.1 Å². The van der Waals surface area contributed by atoms with E-state index in [4.69, 9.17) is 0 Å². The van der Waals surface area contributed by atoms with Gasteiger partial charge in [0.05, 0.1) is 10.6 Å². The minimum absolute atomic E-state index is 0.00855. The Labute approximate surface area is 131 Å². The molecule has 0 saturated carbocycles. The second-order valence-electron chi connectivity index (χ2n) is 5.57. The van der Waals surface area contributed by atoms with Crippen molar-refractivity contribution in [1.29, 1.82) is 0 Å². The van der Waals surface area contributed by atoms with Gasteiger partial charge in [0.25, 0.3) is 11.8 Å². The summed E-state index contributed by atoms with van der Waals surface area (Å²) in [5, 5.41) is 4.81. The minimum atomic E-state index is -0.243. The number of allylic oxidation sites excluding steroid dienone is 3. The van der Waals surface area contributed by atoms with E-state index in [0.29, 0.717) is 10.6 Å². The van der Waals surface area contributed by atoms with Crippen LogP contribution in [0.15, 0.2) is 57.6 Å². The lowest BCUT2D eigenvalue weighted by molar-refractivity contribution is -0.117. The van der Waals surface area contributed by atoms with Gasteiger partial charge in [-0.25, -0.2) is 4.99 Å². The lowest BCUT2D eigenvalue weighted by Crippen LogP contribution is -2.35. The van der Waals surface area contributed by atoms with Crippen LogP contribution in [0, 0.1) is 5.92 Å². The smallest absolute Gasteiger partial charge is 0.287 e. The highest BCUT2D eigenvalue weighted by Crippen LogP contribution is 2.39. The number of aliphatic imine (C=N–C) groups is 1. The van der Waals surface area contributed by atoms with Crippen LogP contribution in [0.3, 0.4) is 0 Å². The van der Waals surface area contributed by atoms with Crippen LogP contribution in [0.2, 0.25) is 0 Å². The molecule has 2 amide bonds. The first kappa shape index (κ1) is 13.4. The Hall–Kier alpha value is -2.27. The van der Waals surface area contributed by atoms with E-state index in [1.54, 1.807) is 6.07 Å². The molecule has 3 aliphatic rings. The zero-order chi connectivity index (χ0) is 15.1. The summed E-state index contributed by atoms with van der Waals surface area (Å²) >= 11 is 1.38. The molecule has 1 aromatic heterocycles. The SMILES string of the molecule is O=C1NC2=CC(=NC(=O)c3cccs3)C=CC2C2=C1CCC2. The number of fused-ring (bicyclic) bond motifs is 2. The molecule has 1 aromatic rings. The maximum absolute atomic E-state index is 12.1. The predicted octanol–water partition coefficient (Wildman–Crippen LogP) is 3.01. The quantitative estimate of drug-likeness (QED) is 0.867. The molecular weight excluding hydrogens is 296 g/mol. The number of rotatable bonds is 1. The van der Waals surface area contributed by atoms with Crippen LogP contribution in [0.4, 0.5) is 0 Å². The van der Waals surface area contributed by atoms with E-state index < -0.39 is 0 Å². The number of carbonyl (C=O) groups is 2. The number of amides is 2. The molecule has 2 aliphatic carbocycles. The van der Waals surface area contributed by atoms with Crippen LogP contribution in [0.25, 0.3) is 0 Å². The number of nitrogens with one attached hydrogen (secondary N) is 1. The van der Waals surface area contributed by atoms with Crippen molar-refractivity contribution in [3.63, 3.8) is 0 Å². The molecule has 5 heteroatoms. The molecular formula is C17H14N2O2S. The Morgan fingerprint density at radius 1 is 1.36 bits per heavy atom. The highest BCUT2D eigenvalue weighted by molar-refractivity contribution is 7.12. The van der Waals surface area contributed by atoms with Crippen molar-refractivity contribution < 1.29 is 9.59 Å². The Balaban J connectivity index is 1.65. The first-order chi connectivity index (χ1) is 10.7. The molecule has 4 nitrogen and oxygen atoms in total. The number of thiophene rings is 1. The van der Waals surface area contributed by atoms with Crippen LogP contribution in [0.1, 0.15) is 28.9 Å². The van der Waals surface area contributed by atoms with Gasteiger partial charge in [0.2, 0.25) is 0 Å². The number of hydrogen-bond acceptors (Lipinski definition) is 3. The topological polar surface area (TPSA) is 58.5 Å². The van der Waals surface area contributed by atoms with E-state index in [0.717, 1.165) is 30.5 Å². The zero-order valence-corrected chi connectivity index (χ0v) is 12.7. The molecule has 1 aliphatic heterocycles. The molecule has 110 valence electrons. The van der Waals surface area contributed by atoms with E-state index in [1.165, 1.54) is 16.9 Å². The van der Waals surface area contributed by atoms with Crippen LogP contribution in [0.5, 0.6) is 0 Å². The van der Waals surface area contributed by atoms with E-state index in [-0.39, 0.29) is 17.7 Å². The van der Waals surface area contributed by atoms with Crippen molar-refractivity contribution in [2.24, 2.45) is 10.9 Å². The lowest BCUT2D eigenvalue weighted by Gasteiger charge is -2.28. The second kappa shape index (κ2) is 5.18. The molecule has 0 spiro atoms. The van der Waals surface area contributed by atoms with Crippen molar-refractivity contribution in [2.45, 2.75) is 19.3 Å². The number of carbonyl (C=O) groups excluding carboxylic acids is 2. The van der Waals surface area contributed by atoms with Crippen LogP contribution in [-0.4, -0.2) is 17.5 Å². The summed E-state index contributed by atoms with van der Waals surface area (Å²) in [5.41, 5.74) is 3.61. The minimum Gasteiger partial charge on any atom is -0.325 e. The molecule has 0 bridgehead atoms. The summed E-state index contributed by atoms with van der Waals surface area (Å²) in [7, 11) is 0. The van der Waals surface area contributed by atoms with Crippen molar-refractivity contribution in [3.8, 4) is 0 Å². The van der Waals surface area contributed by atoms with Gasteiger partial charge in [0.1, 0.15) is 0 Å². The molecule has 22 heavy (non-hydrogen) atoms. The first-order valence-electron chi connectivity index (χ1n) is 7.32. The predicted molar refractivity (Wildman–Crippen MR) is 85.8 cm³/mol. The molecule has 0 saturated heterocycles.